The van der Waals surface area contributed by atoms with Crippen LogP contribution in [0.3, 0.4) is 0 Å². The Kier molecular flexibility index (Phi) is 7.69. The fourth-order valence-corrected chi connectivity index (χ4v) is 3.28. The molecule has 2 amide bonds. The Morgan fingerprint density at radius 3 is 2.57 bits per heavy atom. The number of ether oxygens (including phenoxy) is 2. The Morgan fingerprint density at radius 2 is 1.96 bits per heavy atom. The van der Waals surface area contributed by atoms with E-state index < -0.39 is 0 Å². The molecule has 0 spiro atoms. The SMILES string of the molecule is CC[C@@H](C)N(Cc1csc(COc2ccccc2OC)n1)C(=O)NC(C)(C)C. The average Bonchev–Trinajstić information content (AvgIpc) is 3.10. The zero-order chi connectivity index (χ0) is 20.7. The van der Waals surface area contributed by atoms with Crippen LogP contribution in [-0.4, -0.2) is 34.6 Å². The second kappa shape index (κ2) is 9.78. The molecule has 0 bridgehead atoms. The minimum atomic E-state index is -0.279. The standard InChI is InChI=1S/C21H31N3O3S/c1-7-15(2)24(20(25)23-21(3,4)5)12-16-14-28-19(22-16)13-27-18-11-9-8-10-17(18)26-6/h8-11,14-15H,7,12-13H2,1-6H3,(H,23,25)/t15-/m1/s1. The first-order valence-electron chi connectivity index (χ1n) is 9.51. The van der Waals surface area contributed by atoms with Gasteiger partial charge in [-0.2, -0.15) is 0 Å². The molecular formula is C21H31N3O3S. The van der Waals surface area contributed by atoms with Gasteiger partial charge >= 0.3 is 6.03 Å². The third-order valence-electron chi connectivity index (χ3n) is 4.22. The Labute approximate surface area is 171 Å². The first-order chi connectivity index (χ1) is 13.2. The summed E-state index contributed by atoms with van der Waals surface area (Å²) in [6, 6.07) is 7.59. The number of amides is 2. The van der Waals surface area contributed by atoms with Crippen LogP contribution >= 0.6 is 11.3 Å². The summed E-state index contributed by atoms with van der Waals surface area (Å²) in [5.41, 5.74) is 0.589. The number of rotatable bonds is 8. The monoisotopic (exact) mass is 405 g/mol. The number of thiazole rings is 1. The maximum absolute atomic E-state index is 12.7. The maximum atomic E-state index is 12.7. The molecule has 0 saturated heterocycles. The van der Waals surface area contributed by atoms with Gasteiger partial charge in [-0.3, -0.25) is 0 Å². The van der Waals surface area contributed by atoms with E-state index in [-0.39, 0.29) is 17.6 Å². The molecule has 154 valence electrons. The van der Waals surface area contributed by atoms with Crippen LogP contribution in [0.1, 0.15) is 51.7 Å². The summed E-state index contributed by atoms with van der Waals surface area (Å²) in [5, 5.41) is 5.89. The summed E-state index contributed by atoms with van der Waals surface area (Å²) in [6.07, 6.45) is 0.880. The molecule has 7 heteroatoms. The van der Waals surface area contributed by atoms with E-state index in [0.717, 1.165) is 17.1 Å². The second-order valence-electron chi connectivity index (χ2n) is 7.74. The number of carbonyl (C=O) groups excluding carboxylic acids is 1. The van der Waals surface area contributed by atoms with Crippen molar-refractivity contribution >= 4 is 17.4 Å². The van der Waals surface area contributed by atoms with Crippen molar-refractivity contribution in [1.82, 2.24) is 15.2 Å². The summed E-state index contributed by atoms with van der Waals surface area (Å²) in [5.74, 6) is 1.38. The van der Waals surface area contributed by atoms with Gasteiger partial charge in [0.2, 0.25) is 0 Å². The largest absolute Gasteiger partial charge is 0.493 e. The number of urea groups is 1. The smallest absolute Gasteiger partial charge is 0.318 e. The number of hydrogen-bond donors (Lipinski definition) is 1. The summed E-state index contributed by atoms with van der Waals surface area (Å²) in [7, 11) is 1.62. The van der Waals surface area contributed by atoms with Gasteiger partial charge in [-0.15, -0.1) is 11.3 Å². The first kappa shape index (κ1) is 22.0. The average molecular weight is 406 g/mol. The number of aromatic nitrogens is 1. The van der Waals surface area contributed by atoms with Gasteiger partial charge in [0, 0.05) is 17.0 Å². The van der Waals surface area contributed by atoms with E-state index in [1.807, 2.05) is 55.3 Å². The number of para-hydroxylation sites is 2. The summed E-state index contributed by atoms with van der Waals surface area (Å²) >= 11 is 1.53. The number of nitrogens with zero attached hydrogens (tertiary/aromatic N) is 2. The predicted molar refractivity (Wildman–Crippen MR) is 113 cm³/mol. The molecule has 0 aliphatic heterocycles. The Balaban J connectivity index is 2.03. The van der Waals surface area contributed by atoms with Crippen LogP contribution in [-0.2, 0) is 13.2 Å². The fourth-order valence-electron chi connectivity index (χ4n) is 2.58. The minimum Gasteiger partial charge on any atom is -0.493 e. The van der Waals surface area contributed by atoms with E-state index in [1.54, 1.807) is 7.11 Å². The molecule has 0 saturated carbocycles. The molecule has 1 heterocycles. The highest BCUT2D eigenvalue weighted by atomic mass is 32.1. The summed E-state index contributed by atoms with van der Waals surface area (Å²) in [6.45, 7) is 10.9. The van der Waals surface area contributed by atoms with Crippen LogP contribution in [0.25, 0.3) is 0 Å². The molecule has 0 fully saturated rings. The van der Waals surface area contributed by atoms with Crippen molar-refractivity contribution in [2.24, 2.45) is 0 Å². The molecule has 0 radical (unpaired) electrons. The second-order valence-corrected chi connectivity index (χ2v) is 8.68. The highest BCUT2D eigenvalue weighted by Crippen LogP contribution is 2.27. The number of methoxy groups -OCH3 is 1. The molecule has 1 aromatic carbocycles. The number of carbonyl (C=O) groups is 1. The van der Waals surface area contributed by atoms with Crippen molar-refractivity contribution in [2.75, 3.05) is 7.11 Å². The molecule has 6 nitrogen and oxygen atoms in total. The lowest BCUT2D eigenvalue weighted by Crippen LogP contribution is -2.50. The molecule has 0 aliphatic carbocycles. The van der Waals surface area contributed by atoms with Crippen molar-refractivity contribution in [1.29, 1.82) is 0 Å². The van der Waals surface area contributed by atoms with Crippen LogP contribution in [0.5, 0.6) is 11.5 Å². The third kappa shape index (κ3) is 6.41. The van der Waals surface area contributed by atoms with E-state index >= 15 is 0 Å². The van der Waals surface area contributed by atoms with Crippen molar-refractivity contribution in [3.05, 3.63) is 40.3 Å². The quantitative estimate of drug-likeness (QED) is 0.683. The highest BCUT2D eigenvalue weighted by Gasteiger charge is 2.24. The van der Waals surface area contributed by atoms with E-state index in [1.165, 1.54) is 11.3 Å². The van der Waals surface area contributed by atoms with E-state index in [0.29, 0.717) is 24.7 Å². The minimum absolute atomic E-state index is 0.0679. The van der Waals surface area contributed by atoms with Gasteiger partial charge in [0.25, 0.3) is 0 Å². The van der Waals surface area contributed by atoms with E-state index in [4.69, 9.17) is 9.47 Å². The molecule has 1 atom stereocenters. The Bertz CT molecular complexity index is 770. The van der Waals surface area contributed by atoms with Crippen molar-refractivity contribution in [2.45, 2.75) is 65.8 Å². The molecule has 1 N–H and O–H groups in total. The van der Waals surface area contributed by atoms with Gasteiger partial charge in [-0.1, -0.05) is 19.1 Å². The number of nitrogens with one attached hydrogen (secondary N) is 1. The lowest BCUT2D eigenvalue weighted by Gasteiger charge is -2.32. The van der Waals surface area contributed by atoms with Crippen molar-refractivity contribution in [3.63, 3.8) is 0 Å². The van der Waals surface area contributed by atoms with Gasteiger partial charge in [0.05, 0.1) is 19.3 Å². The highest BCUT2D eigenvalue weighted by molar-refractivity contribution is 7.09. The zero-order valence-electron chi connectivity index (χ0n) is 17.6. The molecule has 0 unspecified atom stereocenters. The lowest BCUT2D eigenvalue weighted by molar-refractivity contribution is 0.164. The Morgan fingerprint density at radius 1 is 1.29 bits per heavy atom. The fraction of sp³-hybridized carbons (Fsp3) is 0.524. The van der Waals surface area contributed by atoms with Gasteiger partial charge in [-0.25, -0.2) is 9.78 Å². The van der Waals surface area contributed by atoms with Crippen molar-refractivity contribution < 1.29 is 14.3 Å². The van der Waals surface area contributed by atoms with Gasteiger partial charge in [-0.05, 0) is 46.2 Å². The molecular weight excluding hydrogens is 374 g/mol. The van der Waals surface area contributed by atoms with Gasteiger partial charge < -0.3 is 19.7 Å². The van der Waals surface area contributed by atoms with Gasteiger partial charge in [0.1, 0.15) is 11.6 Å². The lowest BCUT2D eigenvalue weighted by atomic mass is 10.1. The van der Waals surface area contributed by atoms with E-state index in [2.05, 4.69) is 24.1 Å². The van der Waals surface area contributed by atoms with Crippen LogP contribution in [0, 0.1) is 0 Å². The molecule has 2 rings (SSSR count). The predicted octanol–water partition coefficient (Wildman–Crippen LogP) is 4.84. The van der Waals surface area contributed by atoms with Crippen molar-refractivity contribution in [3.8, 4) is 11.5 Å². The summed E-state index contributed by atoms with van der Waals surface area (Å²) in [4.78, 5) is 19.2. The molecule has 0 aliphatic rings. The normalized spacial score (nSPS) is 12.4. The topological polar surface area (TPSA) is 63.7 Å². The van der Waals surface area contributed by atoms with Crippen LogP contribution in [0.4, 0.5) is 4.79 Å². The third-order valence-corrected chi connectivity index (χ3v) is 5.09. The number of hydrogen-bond acceptors (Lipinski definition) is 5. The maximum Gasteiger partial charge on any atom is 0.318 e. The summed E-state index contributed by atoms with van der Waals surface area (Å²) < 4.78 is 11.1. The van der Waals surface area contributed by atoms with Gasteiger partial charge in [0.15, 0.2) is 11.5 Å². The van der Waals surface area contributed by atoms with Crippen LogP contribution < -0.4 is 14.8 Å². The molecule has 1 aromatic heterocycles. The Hall–Kier alpha value is -2.28. The van der Waals surface area contributed by atoms with Crippen LogP contribution in [0.2, 0.25) is 0 Å². The molecule has 2 aromatic rings. The zero-order valence-corrected chi connectivity index (χ0v) is 18.4. The first-order valence-corrected chi connectivity index (χ1v) is 10.4. The van der Waals surface area contributed by atoms with Crippen LogP contribution in [0.15, 0.2) is 29.6 Å². The number of benzene rings is 1. The van der Waals surface area contributed by atoms with E-state index in [9.17, 15) is 4.79 Å². The molecule has 28 heavy (non-hydrogen) atoms.